The van der Waals surface area contributed by atoms with Gasteiger partial charge in [-0.1, -0.05) is 19.3 Å². The van der Waals surface area contributed by atoms with Gasteiger partial charge in [0.25, 0.3) is 0 Å². The van der Waals surface area contributed by atoms with Crippen molar-refractivity contribution in [2.45, 2.75) is 57.5 Å². The van der Waals surface area contributed by atoms with Crippen LogP contribution in [0.5, 0.6) is 0 Å². The lowest BCUT2D eigenvalue weighted by Gasteiger charge is -2.47. The molecule has 80 valence electrons. The van der Waals surface area contributed by atoms with Crippen molar-refractivity contribution in [3.8, 4) is 0 Å². The van der Waals surface area contributed by atoms with E-state index in [0.29, 0.717) is 6.10 Å². The molecule has 14 heavy (non-hydrogen) atoms. The lowest BCUT2D eigenvalue weighted by atomic mass is 9.63. The summed E-state index contributed by atoms with van der Waals surface area (Å²) < 4.78 is 5.93. The summed E-state index contributed by atoms with van der Waals surface area (Å²) in [5.41, 5.74) is 0. The number of fused-ring (bicyclic) bond motifs is 3. The Morgan fingerprint density at radius 2 is 1.57 bits per heavy atom. The van der Waals surface area contributed by atoms with E-state index in [1.165, 1.54) is 51.4 Å². The van der Waals surface area contributed by atoms with Gasteiger partial charge in [-0.05, 0) is 49.9 Å². The van der Waals surface area contributed by atoms with Crippen LogP contribution < -0.4 is 0 Å². The first-order valence-corrected chi connectivity index (χ1v) is 6.57. The highest BCUT2D eigenvalue weighted by atomic mass is 16.5. The molecule has 3 fully saturated rings. The van der Waals surface area contributed by atoms with E-state index in [1.54, 1.807) is 0 Å². The molecular formula is C13H22O. The van der Waals surface area contributed by atoms with Crippen LogP contribution in [0.4, 0.5) is 0 Å². The maximum atomic E-state index is 5.93. The summed E-state index contributed by atoms with van der Waals surface area (Å²) in [5.74, 6) is 3.07. The Bertz CT molecular complexity index is 179. The molecule has 1 heterocycles. The van der Waals surface area contributed by atoms with Crippen LogP contribution in [-0.2, 0) is 4.74 Å². The van der Waals surface area contributed by atoms with Crippen molar-refractivity contribution in [3.63, 3.8) is 0 Å². The van der Waals surface area contributed by atoms with Crippen molar-refractivity contribution in [3.05, 3.63) is 0 Å². The Morgan fingerprint density at radius 3 is 2.57 bits per heavy atom. The summed E-state index contributed by atoms with van der Waals surface area (Å²) in [5, 5.41) is 0. The first kappa shape index (κ1) is 9.21. The van der Waals surface area contributed by atoms with Crippen LogP contribution in [0.1, 0.15) is 51.4 Å². The summed E-state index contributed by atoms with van der Waals surface area (Å²) in [4.78, 5) is 0. The van der Waals surface area contributed by atoms with Crippen LogP contribution in [0.25, 0.3) is 0 Å². The standard InChI is InChI=1S/C13H22O/c1-2-5-11-10(4-1)7-8-13-12(11)6-3-9-14-13/h10-13H,1-9H2. The van der Waals surface area contributed by atoms with E-state index in [9.17, 15) is 0 Å². The van der Waals surface area contributed by atoms with Crippen LogP contribution in [-0.4, -0.2) is 12.7 Å². The van der Waals surface area contributed by atoms with Gasteiger partial charge in [0, 0.05) is 6.61 Å². The maximum absolute atomic E-state index is 5.93. The topological polar surface area (TPSA) is 9.23 Å². The van der Waals surface area contributed by atoms with Crippen molar-refractivity contribution >= 4 is 0 Å². The lowest BCUT2D eigenvalue weighted by molar-refractivity contribution is -0.0937. The molecule has 1 aliphatic heterocycles. The normalized spacial score (nSPS) is 48.0. The lowest BCUT2D eigenvalue weighted by Crippen LogP contribution is -2.43. The first-order chi connectivity index (χ1) is 6.95. The quantitative estimate of drug-likeness (QED) is 0.574. The van der Waals surface area contributed by atoms with Gasteiger partial charge >= 0.3 is 0 Å². The van der Waals surface area contributed by atoms with Gasteiger partial charge in [0.15, 0.2) is 0 Å². The average molecular weight is 194 g/mol. The van der Waals surface area contributed by atoms with Gasteiger partial charge in [-0.2, -0.15) is 0 Å². The number of ether oxygens (including phenoxy) is 1. The second-order valence-corrected chi connectivity index (χ2v) is 5.50. The van der Waals surface area contributed by atoms with Crippen molar-refractivity contribution in [1.82, 2.24) is 0 Å². The van der Waals surface area contributed by atoms with Crippen LogP contribution >= 0.6 is 0 Å². The third-order valence-electron chi connectivity index (χ3n) is 4.83. The summed E-state index contributed by atoms with van der Waals surface area (Å²) >= 11 is 0. The molecule has 1 heteroatoms. The third kappa shape index (κ3) is 1.50. The van der Waals surface area contributed by atoms with Crippen molar-refractivity contribution < 1.29 is 4.74 Å². The van der Waals surface area contributed by atoms with E-state index in [-0.39, 0.29) is 0 Å². The van der Waals surface area contributed by atoms with Gasteiger partial charge in [-0.3, -0.25) is 0 Å². The molecular weight excluding hydrogens is 172 g/mol. The molecule has 0 amide bonds. The third-order valence-corrected chi connectivity index (χ3v) is 4.83. The molecule has 0 spiro atoms. The molecule has 0 aromatic carbocycles. The van der Waals surface area contributed by atoms with Gasteiger partial charge in [-0.25, -0.2) is 0 Å². The van der Waals surface area contributed by atoms with Crippen molar-refractivity contribution in [1.29, 1.82) is 0 Å². The summed E-state index contributed by atoms with van der Waals surface area (Å²) in [7, 11) is 0. The van der Waals surface area contributed by atoms with E-state index >= 15 is 0 Å². The van der Waals surface area contributed by atoms with Gasteiger partial charge in [0.05, 0.1) is 6.10 Å². The molecule has 0 aromatic heterocycles. The Labute approximate surface area is 87.2 Å². The molecule has 4 atom stereocenters. The highest BCUT2D eigenvalue weighted by molar-refractivity contribution is 4.91. The second-order valence-electron chi connectivity index (χ2n) is 5.50. The SMILES string of the molecule is C1CCC2C(C1)CCC1OCCCC12. The molecule has 1 nitrogen and oxygen atoms in total. The van der Waals surface area contributed by atoms with E-state index in [0.717, 1.165) is 24.4 Å². The molecule has 3 rings (SSSR count). The molecule has 0 bridgehead atoms. The largest absolute Gasteiger partial charge is 0.378 e. The van der Waals surface area contributed by atoms with E-state index in [1.807, 2.05) is 0 Å². The van der Waals surface area contributed by atoms with Gasteiger partial charge < -0.3 is 4.74 Å². The number of rotatable bonds is 0. The highest BCUT2D eigenvalue weighted by Gasteiger charge is 2.41. The van der Waals surface area contributed by atoms with Gasteiger partial charge in [-0.15, -0.1) is 0 Å². The first-order valence-electron chi connectivity index (χ1n) is 6.57. The molecule has 0 aromatic rings. The van der Waals surface area contributed by atoms with Gasteiger partial charge in [0.1, 0.15) is 0 Å². The minimum absolute atomic E-state index is 0.656. The predicted molar refractivity (Wildman–Crippen MR) is 57.1 cm³/mol. The van der Waals surface area contributed by atoms with E-state index < -0.39 is 0 Å². The fourth-order valence-electron chi connectivity index (χ4n) is 4.19. The second kappa shape index (κ2) is 3.84. The summed E-state index contributed by atoms with van der Waals surface area (Å²) in [6.07, 6.45) is 12.3. The Kier molecular flexibility index (Phi) is 2.53. The van der Waals surface area contributed by atoms with Crippen LogP contribution in [0.2, 0.25) is 0 Å². The molecule has 0 radical (unpaired) electrons. The summed E-state index contributed by atoms with van der Waals surface area (Å²) in [6.45, 7) is 1.04. The molecule has 4 unspecified atom stereocenters. The fourth-order valence-corrected chi connectivity index (χ4v) is 4.19. The number of hydrogen-bond donors (Lipinski definition) is 0. The molecule has 1 saturated heterocycles. The zero-order valence-electron chi connectivity index (χ0n) is 9.08. The predicted octanol–water partition coefficient (Wildman–Crippen LogP) is 3.38. The smallest absolute Gasteiger partial charge is 0.0606 e. The molecule has 2 aliphatic carbocycles. The molecule has 2 saturated carbocycles. The Hall–Kier alpha value is -0.0400. The van der Waals surface area contributed by atoms with Crippen LogP contribution in [0.15, 0.2) is 0 Å². The van der Waals surface area contributed by atoms with Crippen molar-refractivity contribution in [2.75, 3.05) is 6.61 Å². The maximum Gasteiger partial charge on any atom is 0.0606 e. The minimum atomic E-state index is 0.656. The fraction of sp³-hybridized carbons (Fsp3) is 1.00. The van der Waals surface area contributed by atoms with Crippen molar-refractivity contribution in [2.24, 2.45) is 17.8 Å². The van der Waals surface area contributed by atoms with E-state index in [4.69, 9.17) is 4.74 Å². The molecule has 3 aliphatic rings. The highest BCUT2D eigenvalue weighted by Crippen LogP contribution is 2.47. The zero-order valence-corrected chi connectivity index (χ0v) is 9.08. The van der Waals surface area contributed by atoms with E-state index in [2.05, 4.69) is 0 Å². The Balaban J connectivity index is 1.74. The number of hydrogen-bond acceptors (Lipinski definition) is 1. The average Bonchev–Trinajstić information content (AvgIpc) is 2.29. The van der Waals surface area contributed by atoms with Crippen LogP contribution in [0.3, 0.4) is 0 Å². The minimum Gasteiger partial charge on any atom is -0.378 e. The monoisotopic (exact) mass is 194 g/mol. The van der Waals surface area contributed by atoms with Gasteiger partial charge in [0.2, 0.25) is 0 Å². The Morgan fingerprint density at radius 1 is 0.714 bits per heavy atom. The van der Waals surface area contributed by atoms with Crippen LogP contribution in [0, 0.1) is 17.8 Å². The summed E-state index contributed by atoms with van der Waals surface area (Å²) in [6, 6.07) is 0. The zero-order chi connectivity index (χ0) is 9.38. The molecule has 0 N–H and O–H groups in total.